The summed E-state index contributed by atoms with van der Waals surface area (Å²) >= 11 is 0. The summed E-state index contributed by atoms with van der Waals surface area (Å²) in [6.07, 6.45) is 0. The second-order valence-corrected chi connectivity index (χ2v) is 5.78. The lowest BCUT2D eigenvalue weighted by Gasteiger charge is -2.22. The third-order valence-corrected chi connectivity index (χ3v) is 3.73. The van der Waals surface area contributed by atoms with Crippen LogP contribution in [-0.2, 0) is 23.9 Å². The van der Waals surface area contributed by atoms with Gasteiger partial charge in [-0.05, 0) is 6.92 Å². The molecule has 4 atom stereocenters. The van der Waals surface area contributed by atoms with E-state index in [1.54, 1.807) is 27.9 Å². The fourth-order valence-corrected chi connectivity index (χ4v) is 1.51. The van der Waals surface area contributed by atoms with E-state index in [2.05, 4.69) is 4.74 Å². The van der Waals surface area contributed by atoms with Gasteiger partial charge in [-0.15, -0.1) is 0 Å². The Morgan fingerprint density at radius 3 is 1.50 bits per heavy atom. The second-order valence-electron chi connectivity index (χ2n) is 5.78. The minimum Gasteiger partial charge on any atom is -0.550 e. The van der Waals surface area contributed by atoms with E-state index in [0.717, 1.165) is 0 Å². The van der Waals surface area contributed by atoms with Crippen molar-refractivity contribution in [3.8, 4) is 0 Å². The van der Waals surface area contributed by atoms with Gasteiger partial charge in [0.15, 0.2) is 0 Å². The van der Waals surface area contributed by atoms with Crippen LogP contribution in [0.3, 0.4) is 0 Å². The molecule has 0 aromatic carbocycles. The van der Waals surface area contributed by atoms with Crippen LogP contribution in [0.2, 0.25) is 0 Å². The summed E-state index contributed by atoms with van der Waals surface area (Å²) in [5, 5.41) is 20.7. The first-order chi connectivity index (χ1) is 10.9. The Morgan fingerprint density at radius 1 is 0.833 bits per heavy atom. The normalized spacial score (nSPS) is 15.0. The monoisotopic (exact) mass is 345 g/mol. The van der Waals surface area contributed by atoms with Gasteiger partial charge in [0.25, 0.3) is 0 Å². The SMILES string of the molecule is CC(C(=O)[O-])C(C)C(=O)N(C)C.CCOC(=O)C(C)C(C)C(=O)[O-]. The Bertz CT molecular complexity index is 448. The smallest absolute Gasteiger partial charge is 0.309 e. The van der Waals surface area contributed by atoms with Gasteiger partial charge in [-0.1, -0.05) is 27.7 Å². The van der Waals surface area contributed by atoms with E-state index >= 15 is 0 Å². The average molecular weight is 345 g/mol. The zero-order chi connectivity index (χ0) is 19.6. The van der Waals surface area contributed by atoms with E-state index in [1.165, 1.54) is 25.7 Å². The highest BCUT2D eigenvalue weighted by atomic mass is 16.5. The molecule has 0 radical (unpaired) electrons. The summed E-state index contributed by atoms with van der Waals surface area (Å²) in [5.41, 5.74) is 0. The van der Waals surface area contributed by atoms with Crippen molar-refractivity contribution in [2.75, 3.05) is 20.7 Å². The Hall–Kier alpha value is -2.12. The van der Waals surface area contributed by atoms with Gasteiger partial charge in [0.1, 0.15) is 0 Å². The Labute approximate surface area is 142 Å². The Balaban J connectivity index is 0. The van der Waals surface area contributed by atoms with Crippen molar-refractivity contribution in [3.63, 3.8) is 0 Å². The summed E-state index contributed by atoms with van der Waals surface area (Å²) in [4.78, 5) is 44.3. The van der Waals surface area contributed by atoms with Gasteiger partial charge in [0.05, 0.1) is 12.5 Å². The minimum absolute atomic E-state index is 0.188. The largest absolute Gasteiger partial charge is 0.550 e. The van der Waals surface area contributed by atoms with Gasteiger partial charge >= 0.3 is 5.97 Å². The highest BCUT2D eigenvalue weighted by molar-refractivity contribution is 5.83. The lowest BCUT2D eigenvalue weighted by molar-refractivity contribution is -0.313. The van der Waals surface area contributed by atoms with Crippen LogP contribution >= 0.6 is 0 Å². The van der Waals surface area contributed by atoms with E-state index < -0.39 is 41.6 Å². The molecule has 0 aromatic heterocycles. The molecule has 0 aliphatic heterocycles. The number of esters is 1. The molecule has 0 aromatic rings. The van der Waals surface area contributed by atoms with E-state index in [4.69, 9.17) is 0 Å². The summed E-state index contributed by atoms with van der Waals surface area (Å²) in [6, 6.07) is 0. The number of aliphatic carboxylic acids is 2. The van der Waals surface area contributed by atoms with Crippen molar-refractivity contribution in [2.45, 2.75) is 34.6 Å². The van der Waals surface area contributed by atoms with Crippen LogP contribution in [0.15, 0.2) is 0 Å². The van der Waals surface area contributed by atoms with Crippen molar-refractivity contribution in [1.82, 2.24) is 4.90 Å². The molecule has 0 aliphatic carbocycles. The molecule has 140 valence electrons. The van der Waals surface area contributed by atoms with Gasteiger partial charge in [-0.3, -0.25) is 9.59 Å². The minimum atomic E-state index is -1.23. The predicted octanol–water partition coefficient (Wildman–Crippen LogP) is -1.33. The molecule has 0 bridgehead atoms. The number of carbonyl (C=O) groups excluding carboxylic acids is 4. The standard InChI is InChI=1S/C8H15NO3.C8H14O4/c1-5(6(2)8(11)12)7(10)9(3)4;1-4-12-8(11)6(3)5(2)7(9)10/h5-6H,1-4H3,(H,11,12);5-6H,4H2,1-3H3,(H,9,10)/p-2. The topological polar surface area (TPSA) is 127 Å². The van der Waals surface area contributed by atoms with Crippen LogP contribution in [0.5, 0.6) is 0 Å². The molecule has 0 spiro atoms. The Kier molecular flexibility index (Phi) is 11.5. The van der Waals surface area contributed by atoms with Gasteiger partial charge in [-0.25, -0.2) is 0 Å². The highest BCUT2D eigenvalue weighted by Crippen LogP contribution is 2.12. The number of ether oxygens (including phenoxy) is 1. The number of rotatable bonds is 7. The first-order valence-corrected chi connectivity index (χ1v) is 7.67. The quantitative estimate of drug-likeness (QED) is 0.523. The third kappa shape index (κ3) is 8.50. The molecule has 0 saturated heterocycles. The maximum atomic E-state index is 11.2. The third-order valence-electron chi connectivity index (χ3n) is 3.73. The number of carboxylic acids is 2. The molecular formula is C16H27NO7-2. The van der Waals surface area contributed by atoms with E-state index in [0.29, 0.717) is 0 Å². The second kappa shape index (κ2) is 11.4. The first kappa shape index (κ1) is 24.1. The summed E-state index contributed by atoms with van der Waals surface area (Å²) in [6.45, 7) is 7.94. The predicted molar refractivity (Wildman–Crippen MR) is 82.0 cm³/mol. The first-order valence-electron chi connectivity index (χ1n) is 7.67. The van der Waals surface area contributed by atoms with E-state index in [-0.39, 0.29) is 12.5 Å². The molecule has 8 heteroatoms. The zero-order valence-electron chi connectivity index (χ0n) is 15.3. The van der Waals surface area contributed by atoms with Gasteiger partial charge in [0.2, 0.25) is 5.91 Å². The molecule has 0 N–H and O–H groups in total. The van der Waals surface area contributed by atoms with Crippen molar-refractivity contribution in [1.29, 1.82) is 0 Å². The fraction of sp³-hybridized carbons (Fsp3) is 0.750. The molecule has 8 nitrogen and oxygen atoms in total. The average Bonchev–Trinajstić information content (AvgIpc) is 2.51. The highest BCUT2D eigenvalue weighted by Gasteiger charge is 2.22. The molecule has 0 fully saturated rings. The maximum Gasteiger partial charge on any atom is 0.309 e. The van der Waals surface area contributed by atoms with Crippen molar-refractivity contribution < 1.29 is 34.1 Å². The molecule has 24 heavy (non-hydrogen) atoms. The molecule has 0 heterocycles. The van der Waals surface area contributed by atoms with Crippen LogP contribution in [0.4, 0.5) is 0 Å². The van der Waals surface area contributed by atoms with Crippen LogP contribution < -0.4 is 10.2 Å². The summed E-state index contributed by atoms with van der Waals surface area (Å²) in [7, 11) is 3.20. The van der Waals surface area contributed by atoms with E-state index in [1.807, 2.05) is 0 Å². The van der Waals surface area contributed by atoms with Crippen LogP contribution in [0, 0.1) is 23.7 Å². The van der Waals surface area contributed by atoms with Crippen molar-refractivity contribution in [3.05, 3.63) is 0 Å². The molecule has 0 saturated carbocycles. The number of carboxylic acid groups (broad SMARTS) is 2. The van der Waals surface area contributed by atoms with Crippen LogP contribution in [0.1, 0.15) is 34.6 Å². The van der Waals surface area contributed by atoms with Gasteiger partial charge in [-0.2, -0.15) is 0 Å². The molecule has 0 aliphatic rings. The van der Waals surface area contributed by atoms with Gasteiger partial charge < -0.3 is 29.4 Å². The number of amides is 1. The van der Waals surface area contributed by atoms with Crippen molar-refractivity contribution in [2.24, 2.45) is 23.7 Å². The molecule has 1 amide bonds. The lowest BCUT2D eigenvalue weighted by atomic mass is 9.95. The Morgan fingerprint density at radius 2 is 1.21 bits per heavy atom. The van der Waals surface area contributed by atoms with E-state index in [9.17, 15) is 29.4 Å². The van der Waals surface area contributed by atoms with Crippen molar-refractivity contribution >= 4 is 23.8 Å². The molecule has 4 unspecified atom stereocenters. The molecule has 0 rings (SSSR count). The molecular weight excluding hydrogens is 318 g/mol. The summed E-state index contributed by atoms with van der Waals surface area (Å²) in [5.74, 6) is -5.79. The lowest BCUT2D eigenvalue weighted by Crippen LogP contribution is -2.40. The number of nitrogens with zero attached hydrogens (tertiary/aromatic N) is 1. The van der Waals surface area contributed by atoms with Crippen LogP contribution in [-0.4, -0.2) is 49.4 Å². The number of hydrogen-bond acceptors (Lipinski definition) is 7. The number of carbonyl (C=O) groups is 4. The fourth-order valence-electron chi connectivity index (χ4n) is 1.51. The summed E-state index contributed by atoms with van der Waals surface area (Å²) < 4.78 is 4.64. The van der Waals surface area contributed by atoms with Gasteiger partial charge in [0, 0.05) is 43.8 Å². The van der Waals surface area contributed by atoms with Crippen LogP contribution in [0.25, 0.3) is 0 Å². The zero-order valence-corrected chi connectivity index (χ0v) is 15.3. The number of hydrogen-bond donors (Lipinski definition) is 0. The maximum absolute atomic E-state index is 11.2.